The zero-order valence-corrected chi connectivity index (χ0v) is 11.8. The Kier molecular flexibility index (Phi) is 3.36. The van der Waals surface area contributed by atoms with Crippen LogP contribution in [0.15, 0.2) is 75.7 Å². The lowest BCUT2D eigenvalue weighted by Crippen LogP contribution is -2.07. The number of aliphatic imine (C=N–C) groups is 2. The average Bonchev–Trinajstić information content (AvgIpc) is 2.90. The highest BCUT2D eigenvalue weighted by Gasteiger charge is 2.19. The number of benzene rings is 1. The molecule has 0 unspecified atom stereocenters. The normalized spacial score (nSPS) is 21.0. The number of hydrogen-bond donors (Lipinski definition) is 0. The molecule has 0 fully saturated rings. The topological polar surface area (TPSA) is 51.0 Å². The second-order valence-electron chi connectivity index (χ2n) is 4.71. The van der Waals surface area contributed by atoms with Gasteiger partial charge in [-0.05, 0) is 25.2 Å². The van der Waals surface area contributed by atoms with Gasteiger partial charge in [-0.2, -0.15) is 0 Å². The third-order valence-corrected chi connectivity index (χ3v) is 3.30. The van der Waals surface area contributed by atoms with Crippen LogP contribution in [0.5, 0.6) is 0 Å². The number of nitrogens with zero attached hydrogens (tertiary/aromatic N) is 2. The van der Waals surface area contributed by atoms with Gasteiger partial charge in [-0.1, -0.05) is 30.3 Å². The first-order valence-corrected chi connectivity index (χ1v) is 6.61. The number of allylic oxidation sites excluding steroid dienone is 4. The summed E-state index contributed by atoms with van der Waals surface area (Å²) in [5.41, 5.74) is 3.52. The second-order valence-corrected chi connectivity index (χ2v) is 4.71. The van der Waals surface area contributed by atoms with Crippen LogP contribution < -0.4 is 0 Å². The molecule has 0 aromatic heterocycles. The Morgan fingerprint density at radius 1 is 1.05 bits per heavy atom. The van der Waals surface area contributed by atoms with E-state index in [4.69, 9.17) is 4.74 Å². The van der Waals surface area contributed by atoms with Crippen LogP contribution in [0, 0.1) is 0 Å². The van der Waals surface area contributed by atoms with Crippen molar-refractivity contribution in [2.75, 3.05) is 7.11 Å². The Morgan fingerprint density at radius 3 is 2.52 bits per heavy atom. The fourth-order valence-corrected chi connectivity index (χ4v) is 2.23. The Bertz CT molecular complexity index is 750. The van der Waals surface area contributed by atoms with Gasteiger partial charge in [0.15, 0.2) is 11.6 Å². The summed E-state index contributed by atoms with van der Waals surface area (Å²) in [6.45, 7) is 1.93. The van der Waals surface area contributed by atoms with Crippen LogP contribution in [0.25, 0.3) is 0 Å². The molecule has 0 saturated heterocycles. The number of ether oxygens (including phenoxy) is 1. The molecular formula is C17H14N2O2. The molecule has 0 saturated carbocycles. The van der Waals surface area contributed by atoms with E-state index in [1.54, 1.807) is 12.2 Å². The van der Waals surface area contributed by atoms with Crippen LogP contribution in [0.4, 0.5) is 0 Å². The van der Waals surface area contributed by atoms with Crippen molar-refractivity contribution < 1.29 is 9.53 Å². The quantitative estimate of drug-likeness (QED) is 0.835. The summed E-state index contributed by atoms with van der Waals surface area (Å²) >= 11 is 0. The number of ketones is 1. The molecule has 2 aliphatic rings. The van der Waals surface area contributed by atoms with Crippen molar-refractivity contribution in [3.8, 4) is 0 Å². The minimum Gasteiger partial charge on any atom is -0.493 e. The third kappa shape index (κ3) is 2.48. The van der Waals surface area contributed by atoms with Crippen molar-refractivity contribution >= 4 is 17.2 Å². The molecular weight excluding hydrogens is 264 g/mol. The third-order valence-electron chi connectivity index (χ3n) is 3.30. The van der Waals surface area contributed by atoms with Crippen LogP contribution in [-0.2, 0) is 9.53 Å². The van der Waals surface area contributed by atoms with Gasteiger partial charge < -0.3 is 4.74 Å². The van der Waals surface area contributed by atoms with Gasteiger partial charge in [-0.25, -0.2) is 9.98 Å². The summed E-state index contributed by atoms with van der Waals surface area (Å²) in [4.78, 5) is 20.6. The first-order chi connectivity index (χ1) is 10.2. The maximum absolute atomic E-state index is 11.6. The van der Waals surface area contributed by atoms with Crippen LogP contribution in [0.3, 0.4) is 0 Å². The van der Waals surface area contributed by atoms with E-state index in [-0.39, 0.29) is 5.78 Å². The van der Waals surface area contributed by atoms with E-state index in [9.17, 15) is 4.79 Å². The molecule has 4 nitrogen and oxygen atoms in total. The van der Waals surface area contributed by atoms with Gasteiger partial charge in [-0.3, -0.25) is 4.79 Å². The molecule has 0 atom stereocenters. The van der Waals surface area contributed by atoms with E-state index >= 15 is 0 Å². The molecule has 0 spiro atoms. The lowest BCUT2D eigenvalue weighted by atomic mass is 10.1. The van der Waals surface area contributed by atoms with Crippen LogP contribution in [-0.4, -0.2) is 24.3 Å². The lowest BCUT2D eigenvalue weighted by Gasteiger charge is -2.07. The summed E-state index contributed by atoms with van der Waals surface area (Å²) in [6, 6.07) is 9.91. The number of methoxy groups -OCH3 is 1. The number of carbonyl (C=O) groups is 1. The monoisotopic (exact) mass is 278 g/mol. The molecule has 21 heavy (non-hydrogen) atoms. The number of carbonyl (C=O) groups excluding carboxylic acids is 1. The molecule has 0 N–H and O–H groups in total. The van der Waals surface area contributed by atoms with Gasteiger partial charge in [0, 0.05) is 11.1 Å². The van der Waals surface area contributed by atoms with E-state index in [2.05, 4.69) is 9.98 Å². The van der Waals surface area contributed by atoms with Crippen molar-refractivity contribution in [3.05, 3.63) is 71.3 Å². The summed E-state index contributed by atoms with van der Waals surface area (Å²) in [5, 5.41) is 0. The molecule has 1 aliphatic carbocycles. The van der Waals surface area contributed by atoms with E-state index in [1.165, 1.54) is 13.2 Å². The van der Waals surface area contributed by atoms with Gasteiger partial charge in [-0.15, -0.1) is 0 Å². The highest BCUT2D eigenvalue weighted by atomic mass is 16.5. The first-order valence-electron chi connectivity index (χ1n) is 6.61. The summed E-state index contributed by atoms with van der Waals surface area (Å²) < 4.78 is 5.06. The Labute approximate surface area is 122 Å². The molecule has 3 rings (SSSR count). The zero-order chi connectivity index (χ0) is 14.8. The molecule has 1 aromatic carbocycles. The van der Waals surface area contributed by atoms with Crippen molar-refractivity contribution in [1.29, 1.82) is 0 Å². The van der Waals surface area contributed by atoms with Crippen LogP contribution in [0.1, 0.15) is 12.5 Å². The maximum atomic E-state index is 11.6. The molecule has 1 aromatic rings. The Hall–Kier alpha value is -2.75. The number of rotatable bonds is 2. The SMILES string of the molecule is COC1=C/C(=C2\N=C(C)C(c3ccccc3)=N2)C=CC1=O. The molecule has 0 radical (unpaired) electrons. The van der Waals surface area contributed by atoms with E-state index in [1.807, 2.05) is 37.3 Å². The summed E-state index contributed by atoms with van der Waals surface area (Å²) in [7, 11) is 1.48. The molecule has 4 heteroatoms. The second kappa shape index (κ2) is 5.32. The molecule has 104 valence electrons. The fourth-order valence-electron chi connectivity index (χ4n) is 2.23. The van der Waals surface area contributed by atoms with Gasteiger partial charge >= 0.3 is 0 Å². The van der Waals surface area contributed by atoms with Crippen LogP contribution >= 0.6 is 0 Å². The molecule has 0 amide bonds. The van der Waals surface area contributed by atoms with Crippen molar-refractivity contribution in [2.24, 2.45) is 9.98 Å². The van der Waals surface area contributed by atoms with Gasteiger partial charge in [0.1, 0.15) is 0 Å². The van der Waals surface area contributed by atoms with Gasteiger partial charge in [0.25, 0.3) is 0 Å². The molecule has 1 aliphatic heterocycles. The first kappa shape index (κ1) is 13.2. The largest absolute Gasteiger partial charge is 0.493 e. The predicted octanol–water partition coefficient (Wildman–Crippen LogP) is 2.83. The smallest absolute Gasteiger partial charge is 0.220 e. The Balaban J connectivity index is 2.04. The van der Waals surface area contributed by atoms with Crippen molar-refractivity contribution in [3.63, 3.8) is 0 Å². The fraction of sp³-hybridized carbons (Fsp3) is 0.118. The molecule has 1 heterocycles. The van der Waals surface area contributed by atoms with Gasteiger partial charge in [0.2, 0.25) is 5.78 Å². The Morgan fingerprint density at radius 2 is 1.81 bits per heavy atom. The van der Waals surface area contributed by atoms with Crippen LogP contribution in [0.2, 0.25) is 0 Å². The number of hydrogen-bond acceptors (Lipinski definition) is 4. The predicted molar refractivity (Wildman–Crippen MR) is 82.4 cm³/mol. The average molecular weight is 278 g/mol. The maximum Gasteiger partial charge on any atom is 0.220 e. The van der Waals surface area contributed by atoms with Crippen molar-refractivity contribution in [1.82, 2.24) is 0 Å². The highest BCUT2D eigenvalue weighted by Crippen LogP contribution is 2.23. The highest BCUT2D eigenvalue weighted by molar-refractivity contribution is 6.49. The summed E-state index contributed by atoms with van der Waals surface area (Å²) in [6.07, 6.45) is 4.86. The minimum absolute atomic E-state index is 0.146. The minimum atomic E-state index is -0.146. The van der Waals surface area contributed by atoms with E-state index < -0.39 is 0 Å². The van der Waals surface area contributed by atoms with E-state index in [0.29, 0.717) is 11.6 Å². The van der Waals surface area contributed by atoms with Gasteiger partial charge in [0.05, 0.1) is 18.5 Å². The standard InChI is InChI=1S/C17H14N2O2/c1-11-16(12-6-4-3-5-7-12)19-17(18-11)13-8-9-14(20)15(10-13)21-2/h3-10H,1-2H3/b17-13+. The lowest BCUT2D eigenvalue weighted by molar-refractivity contribution is -0.114. The summed E-state index contributed by atoms with van der Waals surface area (Å²) in [5.74, 6) is 0.758. The van der Waals surface area contributed by atoms with E-state index in [0.717, 1.165) is 22.6 Å². The molecule has 0 bridgehead atoms. The van der Waals surface area contributed by atoms with Crippen molar-refractivity contribution in [2.45, 2.75) is 6.92 Å². The zero-order valence-electron chi connectivity index (χ0n) is 11.8.